The molecule has 3 aromatic heterocycles. The molecule has 5 rings (SSSR count). The van der Waals surface area contributed by atoms with Crippen molar-refractivity contribution >= 4 is 47.6 Å². The maximum Gasteiger partial charge on any atom is 0.255 e. The number of amides is 1. The van der Waals surface area contributed by atoms with Crippen molar-refractivity contribution in [1.82, 2.24) is 29.6 Å². The Morgan fingerprint density at radius 3 is 2.81 bits per heavy atom. The van der Waals surface area contributed by atoms with E-state index in [1.807, 2.05) is 36.0 Å². The maximum absolute atomic E-state index is 13.3. The molecule has 1 aromatic carbocycles. The van der Waals surface area contributed by atoms with Crippen LogP contribution in [0, 0.1) is 5.92 Å². The van der Waals surface area contributed by atoms with Crippen LogP contribution >= 0.6 is 11.6 Å². The van der Waals surface area contributed by atoms with Crippen molar-refractivity contribution in [3.05, 3.63) is 41.2 Å². The van der Waals surface area contributed by atoms with Crippen molar-refractivity contribution in [1.29, 1.82) is 0 Å². The minimum Gasteiger partial charge on any atom is -0.361 e. The number of hydrogen-bond acceptors (Lipinski definition) is 5. The third-order valence-electron chi connectivity index (χ3n) is 6.78. The van der Waals surface area contributed by atoms with Gasteiger partial charge in [0.05, 0.1) is 17.3 Å². The molecule has 0 spiro atoms. The van der Waals surface area contributed by atoms with Gasteiger partial charge in [0.25, 0.3) is 5.91 Å². The number of fused-ring (bicyclic) bond motifs is 2. The lowest BCUT2D eigenvalue weighted by molar-refractivity contribution is 0.0889. The highest BCUT2D eigenvalue weighted by molar-refractivity contribution is 6.76. The van der Waals surface area contributed by atoms with Crippen LogP contribution in [0.2, 0.25) is 30.7 Å². The molecule has 0 bridgehead atoms. The molecular formula is C26H33ClN6O2Si. The number of carbonyl (C=O) groups is 1. The highest BCUT2D eigenvalue weighted by Crippen LogP contribution is 2.33. The third kappa shape index (κ3) is 5.19. The average molecular weight is 525 g/mol. The Morgan fingerprint density at radius 2 is 2.08 bits per heavy atom. The van der Waals surface area contributed by atoms with Gasteiger partial charge >= 0.3 is 0 Å². The second-order valence-corrected chi connectivity index (χ2v) is 17.1. The van der Waals surface area contributed by atoms with Gasteiger partial charge in [-0.1, -0.05) is 31.2 Å². The van der Waals surface area contributed by atoms with Gasteiger partial charge in [0.1, 0.15) is 23.6 Å². The molecular weight excluding hydrogens is 492 g/mol. The van der Waals surface area contributed by atoms with E-state index < -0.39 is 8.07 Å². The minimum atomic E-state index is -1.20. The van der Waals surface area contributed by atoms with Crippen LogP contribution in [0.25, 0.3) is 33.5 Å². The number of nitrogens with zero attached hydrogens (tertiary/aromatic N) is 5. The van der Waals surface area contributed by atoms with E-state index in [1.54, 1.807) is 10.9 Å². The zero-order chi connectivity index (χ0) is 25.6. The van der Waals surface area contributed by atoms with Crippen molar-refractivity contribution < 1.29 is 9.53 Å². The molecule has 8 nitrogen and oxygen atoms in total. The Bertz CT molecular complexity index is 1440. The number of ether oxygens (including phenoxy) is 1. The molecule has 1 amide bonds. The van der Waals surface area contributed by atoms with Crippen LogP contribution in [0.5, 0.6) is 0 Å². The van der Waals surface area contributed by atoms with E-state index >= 15 is 0 Å². The number of aromatic nitrogens is 5. The van der Waals surface area contributed by atoms with Crippen molar-refractivity contribution in [2.75, 3.05) is 6.61 Å². The smallest absolute Gasteiger partial charge is 0.255 e. The highest BCUT2D eigenvalue weighted by Gasteiger charge is 2.30. The summed E-state index contributed by atoms with van der Waals surface area (Å²) in [5.41, 5.74) is 3.90. The summed E-state index contributed by atoms with van der Waals surface area (Å²) in [6.07, 6.45) is 5.85. The van der Waals surface area contributed by atoms with E-state index in [4.69, 9.17) is 26.3 Å². The zero-order valence-corrected chi connectivity index (χ0v) is 23.3. The number of carbonyl (C=O) groups excluding carboxylic acids is 1. The lowest BCUT2D eigenvalue weighted by atomic mass is 10.1. The van der Waals surface area contributed by atoms with Gasteiger partial charge in [-0.2, -0.15) is 5.10 Å². The summed E-state index contributed by atoms with van der Waals surface area (Å²) in [5, 5.41) is 9.42. The topological polar surface area (TPSA) is 86.9 Å². The molecule has 1 aliphatic carbocycles. The molecule has 0 aliphatic heterocycles. The first-order chi connectivity index (χ1) is 17.1. The molecule has 1 aliphatic rings. The molecule has 1 atom stereocenters. The molecule has 1 saturated carbocycles. The van der Waals surface area contributed by atoms with Gasteiger partial charge in [-0.3, -0.25) is 9.48 Å². The molecule has 0 saturated heterocycles. The van der Waals surface area contributed by atoms with Crippen molar-refractivity contribution in [3.8, 4) is 11.4 Å². The largest absolute Gasteiger partial charge is 0.361 e. The predicted octanol–water partition coefficient (Wildman–Crippen LogP) is 5.48. The lowest BCUT2D eigenvalue weighted by Crippen LogP contribution is -2.34. The summed E-state index contributed by atoms with van der Waals surface area (Å²) in [6.45, 7) is 10.1. The fourth-order valence-corrected chi connectivity index (χ4v) is 5.31. The van der Waals surface area contributed by atoms with Gasteiger partial charge in [-0.15, -0.1) is 0 Å². The van der Waals surface area contributed by atoms with Gasteiger partial charge in [0, 0.05) is 44.4 Å². The quantitative estimate of drug-likeness (QED) is 0.231. The Kier molecular flexibility index (Phi) is 6.65. The Balaban J connectivity index is 1.52. The number of rotatable bonds is 9. The molecule has 1 fully saturated rings. The van der Waals surface area contributed by atoms with Crippen LogP contribution in [-0.2, 0) is 18.5 Å². The fraction of sp³-hybridized carbons (Fsp3) is 0.462. The third-order valence-corrected chi connectivity index (χ3v) is 8.72. The van der Waals surface area contributed by atoms with Crippen molar-refractivity contribution in [2.45, 2.75) is 58.2 Å². The van der Waals surface area contributed by atoms with Gasteiger partial charge in [0.2, 0.25) is 0 Å². The summed E-state index contributed by atoms with van der Waals surface area (Å²) in [7, 11) is 0.678. The first kappa shape index (κ1) is 24.9. The van der Waals surface area contributed by atoms with Crippen LogP contribution in [0.4, 0.5) is 0 Å². The van der Waals surface area contributed by atoms with E-state index in [0.29, 0.717) is 52.4 Å². The number of hydrogen-bond donors (Lipinski definition) is 1. The summed E-state index contributed by atoms with van der Waals surface area (Å²) < 4.78 is 9.64. The first-order valence-electron chi connectivity index (χ1n) is 12.5. The van der Waals surface area contributed by atoms with Gasteiger partial charge in [-0.25, -0.2) is 9.97 Å². The zero-order valence-electron chi connectivity index (χ0n) is 21.5. The molecule has 0 radical (unpaired) electrons. The standard InChI is InChI=1S/C26H33ClN6O2Si/c1-16(17-6-7-17)29-26(34)20-14-33(15-35-10-11-36(3,4)5)25-24(20)30-21(13-28-25)23-19-9-8-18(27)12-22(19)32(2)31-23/h8-9,12-14,16-17H,6-7,10-11,15H2,1-5H3,(H,29,34)/t16-/m0/s1. The SMILES string of the molecule is C[C@H](NC(=O)c1cn(COCC[Si](C)(C)C)c2ncc(-c3nn(C)c4cc(Cl)ccc34)nc12)C1CC1. The van der Waals surface area contributed by atoms with Gasteiger partial charge in [0.15, 0.2) is 5.65 Å². The maximum atomic E-state index is 13.3. The Morgan fingerprint density at radius 1 is 1.31 bits per heavy atom. The van der Waals surface area contributed by atoms with Gasteiger partial charge < -0.3 is 14.6 Å². The molecule has 4 aromatic rings. The fourth-order valence-electron chi connectivity index (χ4n) is 4.39. The Hall–Kier alpha value is -2.75. The molecule has 0 unspecified atom stereocenters. The van der Waals surface area contributed by atoms with E-state index in [2.05, 4.69) is 37.0 Å². The summed E-state index contributed by atoms with van der Waals surface area (Å²) in [5.74, 6) is 0.421. The minimum absolute atomic E-state index is 0.129. The molecule has 190 valence electrons. The highest BCUT2D eigenvalue weighted by atomic mass is 35.5. The average Bonchev–Trinajstić information content (AvgIpc) is 3.54. The van der Waals surface area contributed by atoms with Crippen molar-refractivity contribution in [3.63, 3.8) is 0 Å². The lowest BCUT2D eigenvalue weighted by Gasteiger charge is -2.15. The monoisotopic (exact) mass is 524 g/mol. The molecule has 36 heavy (non-hydrogen) atoms. The Labute approximate surface area is 217 Å². The van der Waals surface area contributed by atoms with Crippen LogP contribution in [0.15, 0.2) is 30.6 Å². The van der Waals surface area contributed by atoms with Crippen LogP contribution in [-0.4, -0.2) is 50.9 Å². The van der Waals surface area contributed by atoms with E-state index in [9.17, 15) is 4.79 Å². The van der Waals surface area contributed by atoms with E-state index in [0.717, 1.165) is 29.8 Å². The van der Waals surface area contributed by atoms with Gasteiger partial charge in [-0.05, 0) is 49.9 Å². The second kappa shape index (κ2) is 9.61. The molecule has 3 heterocycles. The molecule has 1 N–H and O–H groups in total. The van der Waals surface area contributed by atoms with Crippen LogP contribution in [0.1, 0.15) is 30.1 Å². The molecule has 10 heteroatoms. The van der Waals surface area contributed by atoms with E-state index in [1.165, 1.54) is 0 Å². The number of aryl methyl sites for hydroxylation is 1. The number of halogens is 1. The van der Waals surface area contributed by atoms with E-state index in [-0.39, 0.29) is 11.9 Å². The van der Waals surface area contributed by atoms with Crippen LogP contribution in [0.3, 0.4) is 0 Å². The number of nitrogens with one attached hydrogen (secondary N) is 1. The first-order valence-corrected chi connectivity index (χ1v) is 16.6. The normalized spacial score (nSPS) is 15.1. The summed E-state index contributed by atoms with van der Waals surface area (Å²) in [4.78, 5) is 22.9. The van der Waals surface area contributed by atoms with Crippen molar-refractivity contribution in [2.24, 2.45) is 13.0 Å². The summed E-state index contributed by atoms with van der Waals surface area (Å²) in [6, 6.07) is 6.86. The van der Waals surface area contributed by atoms with Crippen LogP contribution < -0.4 is 5.32 Å². The summed E-state index contributed by atoms with van der Waals surface area (Å²) >= 11 is 6.20. The second-order valence-electron chi connectivity index (χ2n) is 11.0. The number of benzene rings is 1. The predicted molar refractivity (Wildman–Crippen MR) is 146 cm³/mol.